The normalized spacial score (nSPS) is 29.6. The van der Waals surface area contributed by atoms with Crippen LogP contribution in [0.5, 0.6) is 5.75 Å². The van der Waals surface area contributed by atoms with E-state index >= 15 is 0 Å². The predicted octanol–water partition coefficient (Wildman–Crippen LogP) is 2.89. The summed E-state index contributed by atoms with van der Waals surface area (Å²) in [6.45, 7) is 6.94. The van der Waals surface area contributed by atoms with E-state index in [1.165, 1.54) is 36.1 Å². The van der Waals surface area contributed by atoms with Gasteiger partial charge in [0, 0.05) is 23.6 Å². The number of halogens is 1. The molecule has 0 bridgehead atoms. The van der Waals surface area contributed by atoms with Crippen molar-refractivity contribution in [3.63, 3.8) is 0 Å². The van der Waals surface area contributed by atoms with Gasteiger partial charge in [-0.15, -0.1) is 0 Å². The van der Waals surface area contributed by atoms with E-state index in [1.807, 2.05) is 6.07 Å². The fourth-order valence-corrected chi connectivity index (χ4v) is 4.24. The quantitative estimate of drug-likeness (QED) is 0.913. The first-order chi connectivity index (χ1) is 9.72. The van der Waals surface area contributed by atoms with Crippen LogP contribution in [0.1, 0.15) is 18.9 Å². The Balaban J connectivity index is 1.77. The molecule has 3 unspecified atom stereocenters. The third kappa shape index (κ3) is 2.61. The number of rotatable bonds is 4. The van der Waals surface area contributed by atoms with Gasteiger partial charge in [-0.1, -0.05) is 22.9 Å². The van der Waals surface area contributed by atoms with Crippen molar-refractivity contribution < 1.29 is 4.74 Å². The first-order valence-corrected chi connectivity index (χ1v) is 8.29. The number of methoxy groups -OCH3 is 1. The molecule has 2 fully saturated rings. The van der Waals surface area contributed by atoms with E-state index in [2.05, 4.69) is 45.2 Å². The summed E-state index contributed by atoms with van der Waals surface area (Å²) in [5.41, 5.74) is 1.33. The molecule has 1 aromatic carbocycles. The summed E-state index contributed by atoms with van der Waals surface area (Å²) in [7, 11) is 1.73. The van der Waals surface area contributed by atoms with Crippen LogP contribution in [0.3, 0.4) is 0 Å². The van der Waals surface area contributed by atoms with Gasteiger partial charge in [0.1, 0.15) is 5.75 Å². The maximum Gasteiger partial charge on any atom is 0.119 e. The molecule has 110 valence electrons. The molecule has 0 amide bonds. The summed E-state index contributed by atoms with van der Waals surface area (Å²) < 4.78 is 6.54. The zero-order chi connectivity index (χ0) is 14.1. The van der Waals surface area contributed by atoms with Crippen LogP contribution < -0.4 is 10.1 Å². The minimum absolute atomic E-state index is 0.716. The second kappa shape index (κ2) is 6.04. The van der Waals surface area contributed by atoms with Gasteiger partial charge in [0.15, 0.2) is 0 Å². The van der Waals surface area contributed by atoms with Gasteiger partial charge in [0.2, 0.25) is 0 Å². The molecule has 0 aromatic heterocycles. The predicted molar refractivity (Wildman–Crippen MR) is 85.0 cm³/mol. The zero-order valence-electron chi connectivity index (χ0n) is 12.2. The van der Waals surface area contributed by atoms with E-state index in [1.54, 1.807) is 7.11 Å². The molecule has 2 aliphatic heterocycles. The Morgan fingerprint density at radius 3 is 3.00 bits per heavy atom. The minimum atomic E-state index is 0.716. The molecule has 3 atom stereocenters. The summed E-state index contributed by atoms with van der Waals surface area (Å²) in [6.07, 6.45) is 1.24. The monoisotopic (exact) mass is 338 g/mol. The summed E-state index contributed by atoms with van der Waals surface area (Å²) >= 11 is 3.68. The van der Waals surface area contributed by atoms with Gasteiger partial charge in [0.05, 0.1) is 7.11 Å². The maximum atomic E-state index is 5.35. The highest BCUT2D eigenvalue weighted by Gasteiger charge is 2.42. The lowest BCUT2D eigenvalue weighted by atomic mass is 9.93. The van der Waals surface area contributed by atoms with Crippen molar-refractivity contribution in [1.29, 1.82) is 0 Å². The van der Waals surface area contributed by atoms with Crippen molar-refractivity contribution in [2.45, 2.75) is 25.9 Å². The van der Waals surface area contributed by atoms with Crippen LogP contribution in [-0.2, 0) is 6.54 Å². The van der Waals surface area contributed by atoms with Gasteiger partial charge in [-0.25, -0.2) is 0 Å². The molecule has 0 radical (unpaired) electrons. The van der Waals surface area contributed by atoms with Gasteiger partial charge >= 0.3 is 0 Å². The van der Waals surface area contributed by atoms with Crippen LogP contribution in [0.15, 0.2) is 22.7 Å². The van der Waals surface area contributed by atoms with Crippen molar-refractivity contribution in [3.05, 3.63) is 28.2 Å². The Kier molecular flexibility index (Phi) is 4.34. The summed E-state index contributed by atoms with van der Waals surface area (Å²) in [4.78, 5) is 2.66. The second-order valence-electron chi connectivity index (χ2n) is 5.94. The maximum absolute atomic E-state index is 5.35. The molecule has 2 saturated heterocycles. The standard InChI is InChI=1S/C16H23BrN2O/c1-3-16-14-8-18-7-12(14)10-19(16)9-11-6-13(20-2)4-5-15(11)17/h4-6,12,14,16,18H,3,7-10H2,1-2H3. The lowest BCUT2D eigenvalue weighted by Gasteiger charge is -2.27. The third-order valence-corrected chi connectivity index (χ3v) is 5.64. The number of nitrogens with zero attached hydrogens (tertiary/aromatic N) is 1. The number of hydrogen-bond donors (Lipinski definition) is 1. The Morgan fingerprint density at radius 2 is 2.25 bits per heavy atom. The molecule has 20 heavy (non-hydrogen) atoms. The van der Waals surface area contributed by atoms with Crippen molar-refractivity contribution in [2.75, 3.05) is 26.7 Å². The van der Waals surface area contributed by atoms with E-state index < -0.39 is 0 Å². The molecule has 3 rings (SSSR count). The summed E-state index contributed by atoms with van der Waals surface area (Å²) in [5.74, 6) is 2.62. The average Bonchev–Trinajstić information content (AvgIpc) is 3.01. The highest BCUT2D eigenvalue weighted by atomic mass is 79.9. The number of ether oxygens (including phenoxy) is 1. The minimum Gasteiger partial charge on any atom is -0.497 e. The number of fused-ring (bicyclic) bond motifs is 1. The molecule has 1 N–H and O–H groups in total. The Bertz CT molecular complexity index is 480. The van der Waals surface area contributed by atoms with E-state index in [4.69, 9.17) is 4.74 Å². The first kappa shape index (κ1) is 14.4. The average molecular weight is 339 g/mol. The van der Waals surface area contributed by atoms with Crippen molar-refractivity contribution in [1.82, 2.24) is 10.2 Å². The van der Waals surface area contributed by atoms with E-state index in [-0.39, 0.29) is 0 Å². The lowest BCUT2D eigenvalue weighted by molar-refractivity contribution is 0.210. The van der Waals surface area contributed by atoms with Gasteiger partial charge in [-0.05, 0) is 55.1 Å². The van der Waals surface area contributed by atoms with Crippen LogP contribution in [-0.4, -0.2) is 37.7 Å². The van der Waals surface area contributed by atoms with Gasteiger partial charge in [0.25, 0.3) is 0 Å². The van der Waals surface area contributed by atoms with Crippen LogP contribution in [0.4, 0.5) is 0 Å². The summed E-state index contributed by atoms with van der Waals surface area (Å²) in [6, 6.07) is 6.97. The van der Waals surface area contributed by atoms with Crippen LogP contribution in [0, 0.1) is 11.8 Å². The molecular weight excluding hydrogens is 316 g/mol. The molecule has 4 heteroatoms. The van der Waals surface area contributed by atoms with Crippen LogP contribution in [0.2, 0.25) is 0 Å². The van der Waals surface area contributed by atoms with Crippen molar-refractivity contribution in [2.24, 2.45) is 11.8 Å². The molecule has 2 aliphatic rings. The van der Waals surface area contributed by atoms with Gasteiger partial charge < -0.3 is 10.1 Å². The van der Waals surface area contributed by atoms with E-state index in [0.29, 0.717) is 6.04 Å². The number of nitrogens with one attached hydrogen (secondary N) is 1. The number of hydrogen-bond acceptors (Lipinski definition) is 3. The fraction of sp³-hybridized carbons (Fsp3) is 0.625. The third-order valence-electron chi connectivity index (χ3n) is 4.87. The highest BCUT2D eigenvalue weighted by molar-refractivity contribution is 9.10. The zero-order valence-corrected chi connectivity index (χ0v) is 13.8. The van der Waals surface area contributed by atoms with Crippen LogP contribution >= 0.6 is 15.9 Å². The molecule has 3 nitrogen and oxygen atoms in total. The Hall–Kier alpha value is -0.580. The second-order valence-corrected chi connectivity index (χ2v) is 6.80. The molecule has 2 heterocycles. The van der Waals surface area contributed by atoms with Crippen molar-refractivity contribution in [3.8, 4) is 5.75 Å². The van der Waals surface area contributed by atoms with E-state index in [9.17, 15) is 0 Å². The van der Waals surface area contributed by atoms with Gasteiger partial charge in [-0.2, -0.15) is 0 Å². The van der Waals surface area contributed by atoms with Gasteiger partial charge in [-0.3, -0.25) is 4.90 Å². The molecule has 1 aromatic rings. The van der Waals surface area contributed by atoms with Crippen LogP contribution in [0.25, 0.3) is 0 Å². The largest absolute Gasteiger partial charge is 0.497 e. The lowest BCUT2D eigenvalue weighted by Crippen LogP contribution is -2.34. The summed E-state index contributed by atoms with van der Waals surface area (Å²) in [5, 5.41) is 3.55. The number of likely N-dealkylation sites (tertiary alicyclic amines) is 1. The number of benzene rings is 1. The highest BCUT2D eigenvalue weighted by Crippen LogP contribution is 2.36. The Labute approximate surface area is 129 Å². The molecule has 0 spiro atoms. The topological polar surface area (TPSA) is 24.5 Å². The molecule has 0 aliphatic carbocycles. The first-order valence-electron chi connectivity index (χ1n) is 7.50. The smallest absolute Gasteiger partial charge is 0.119 e. The SMILES string of the molecule is CCC1C2CNCC2CN1Cc1cc(OC)ccc1Br. The fourth-order valence-electron chi connectivity index (χ4n) is 3.87. The molecule has 0 saturated carbocycles. The molecular formula is C16H23BrN2O. The van der Waals surface area contributed by atoms with E-state index in [0.717, 1.165) is 24.1 Å². The Morgan fingerprint density at radius 1 is 1.40 bits per heavy atom. The van der Waals surface area contributed by atoms with Crippen molar-refractivity contribution >= 4 is 15.9 Å².